The summed E-state index contributed by atoms with van der Waals surface area (Å²) in [6.45, 7) is 2.16. The molecule has 6 nitrogen and oxygen atoms in total. The third-order valence-corrected chi connectivity index (χ3v) is 8.98. The first-order valence-electron chi connectivity index (χ1n) is 12.6. The Morgan fingerprint density at radius 2 is 1.65 bits per heavy atom. The second-order valence-electron chi connectivity index (χ2n) is 10.4. The highest BCUT2D eigenvalue weighted by atomic mass is 17.0. The summed E-state index contributed by atoms with van der Waals surface area (Å²) in [4.78, 5) is 24.7. The van der Waals surface area contributed by atoms with Gasteiger partial charge in [-0.2, -0.15) is 0 Å². The number of hydrogen-bond donors (Lipinski definition) is 0. The molecule has 0 amide bonds. The fraction of sp³-hybridized carbons (Fsp3) is 0.536. The maximum atomic E-state index is 12.4. The van der Waals surface area contributed by atoms with Gasteiger partial charge in [-0.25, -0.2) is 9.63 Å². The van der Waals surface area contributed by atoms with Crippen LogP contribution >= 0.6 is 0 Å². The zero-order valence-corrected chi connectivity index (χ0v) is 19.9. The molecule has 6 heteroatoms. The summed E-state index contributed by atoms with van der Waals surface area (Å²) in [6.07, 6.45) is 4.82. The smallest absolute Gasteiger partial charge is 0.337 e. The second-order valence-corrected chi connectivity index (χ2v) is 10.4. The molecule has 4 fully saturated rings. The van der Waals surface area contributed by atoms with Crippen LogP contribution in [0.15, 0.2) is 60.7 Å². The summed E-state index contributed by atoms with van der Waals surface area (Å²) in [5, 5.41) is 1.59. The number of rotatable bonds is 5. The average molecular weight is 464 g/mol. The van der Waals surface area contributed by atoms with Crippen molar-refractivity contribution >= 4 is 5.97 Å². The fourth-order valence-corrected chi connectivity index (χ4v) is 7.22. The minimum absolute atomic E-state index is 0.0112. The van der Waals surface area contributed by atoms with E-state index in [0.717, 1.165) is 38.5 Å². The van der Waals surface area contributed by atoms with Crippen molar-refractivity contribution in [2.24, 2.45) is 11.8 Å². The number of esters is 1. The van der Waals surface area contributed by atoms with Crippen molar-refractivity contribution in [3.63, 3.8) is 0 Å². The highest BCUT2D eigenvalue weighted by Gasteiger charge is 2.66. The van der Waals surface area contributed by atoms with Crippen LogP contribution in [0.4, 0.5) is 0 Å². The molecule has 2 aromatic carbocycles. The van der Waals surface area contributed by atoms with E-state index >= 15 is 0 Å². The molecule has 6 rings (SSSR count). The van der Waals surface area contributed by atoms with Crippen molar-refractivity contribution in [2.75, 3.05) is 7.11 Å². The van der Waals surface area contributed by atoms with Gasteiger partial charge in [0.15, 0.2) is 12.4 Å². The Morgan fingerprint density at radius 1 is 0.971 bits per heavy atom. The zero-order valence-electron chi connectivity index (χ0n) is 19.9. The van der Waals surface area contributed by atoms with Crippen molar-refractivity contribution < 1.29 is 23.9 Å². The average Bonchev–Trinajstić information content (AvgIpc) is 3.54. The molecule has 2 aromatic rings. The molecule has 2 saturated heterocycles. The van der Waals surface area contributed by atoms with E-state index in [4.69, 9.17) is 19.1 Å². The lowest BCUT2D eigenvalue weighted by Crippen LogP contribution is -2.55. The van der Waals surface area contributed by atoms with Crippen LogP contribution in [-0.4, -0.2) is 42.3 Å². The molecule has 2 heterocycles. The number of carbonyl (C=O) groups is 1. The van der Waals surface area contributed by atoms with Crippen LogP contribution in [0.3, 0.4) is 0 Å². The number of methoxy groups -OCH3 is 1. The minimum Gasteiger partial charge on any atom is -0.467 e. The lowest BCUT2D eigenvalue weighted by molar-refractivity contribution is -0.462. The van der Waals surface area contributed by atoms with Gasteiger partial charge in [0, 0.05) is 17.8 Å². The van der Waals surface area contributed by atoms with Gasteiger partial charge in [-0.05, 0) is 56.1 Å². The van der Waals surface area contributed by atoms with Gasteiger partial charge in [0.2, 0.25) is 0 Å². The second kappa shape index (κ2) is 8.45. The predicted octanol–water partition coefficient (Wildman–Crippen LogP) is 4.78. The van der Waals surface area contributed by atoms with E-state index in [1.54, 1.807) is 5.23 Å². The van der Waals surface area contributed by atoms with E-state index in [9.17, 15) is 4.79 Å². The molecular formula is C28H33NO5. The van der Waals surface area contributed by atoms with Crippen LogP contribution in [0.5, 0.6) is 0 Å². The number of carbonyl (C=O) groups excluding carboxylic acids is 1. The van der Waals surface area contributed by atoms with E-state index in [1.165, 1.54) is 18.2 Å². The number of hydroxylamine groups is 2. The van der Waals surface area contributed by atoms with E-state index in [2.05, 4.69) is 67.6 Å². The van der Waals surface area contributed by atoms with Crippen LogP contribution in [-0.2, 0) is 29.4 Å². The Balaban J connectivity index is 1.29. The maximum absolute atomic E-state index is 12.4. The topological polar surface area (TPSA) is 57.2 Å². The molecule has 0 bridgehead atoms. The molecule has 0 radical (unpaired) electrons. The van der Waals surface area contributed by atoms with Crippen molar-refractivity contribution in [3.05, 3.63) is 71.8 Å². The molecule has 0 spiro atoms. The molecule has 0 unspecified atom stereocenters. The molecule has 2 aliphatic heterocycles. The molecule has 180 valence electrons. The summed E-state index contributed by atoms with van der Waals surface area (Å²) in [7, 11) is 1.41. The maximum Gasteiger partial charge on any atom is 0.337 e. The standard InChI is InChI=1S/C28H33NO5/c1-27-21-15-16-22(27)25(26(30)31-2)34-29(27)33-24(18-21)32-23-14-9-17-28(23,19-10-5-3-6-11-19)20-12-7-4-8-13-20/h3-8,10-13,21-25H,9,14-18H2,1-2H3/t21-,22+,23-,24+,25-,27+/m1/s1. The van der Waals surface area contributed by atoms with Crippen molar-refractivity contribution in [1.29, 1.82) is 0 Å². The zero-order chi connectivity index (χ0) is 23.3. The van der Waals surface area contributed by atoms with Crippen LogP contribution in [0, 0.1) is 11.8 Å². The summed E-state index contributed by atoms with van der Waals surface area (Å²) >= 11 is 0. The van der Waals surface area contributed by atoms with Gasteiger partial charge in [-0.15, -0.1) is 0 Å². The molecule has 2 aliphatic carbocycles. The lowest BCUT2D eigenvalue weighted by atomic mass is 9.71. The monoisotopic (exact) mass is 463 g/mol. The quantitative estimate of drug-likeness (QED) is 0.595. The third-order valence-electron chi connectivity index (χ3n) is 8.98. The van der Waals surface area contributed by atoms with Gasteiger partial charge in [0.1, 0.15) is 0 Å². The first-order chi connectivity index (χ1) is 16.6. The molecule has 34 heavy (non-hydrogen) atoms. The Hall–Kier alpha value is -2.25. The Morgan fingerprint density at radius 3 is 2.29 bits per heavy atom. The molecule has 6 atom stereocenters. The minimum atomic E-state index is -0.613. The molecule has 0 N–H and O–H groups in total. The Kier molecular flexibility index (Phi) is 5.52. The van der Waals surface area contributed by atoms with Gasteiger partial charge < -0.3 is 9.47 Å². The molecule has 2 saturated carbocycles. The largest absolute Gasteiger partial charge is 0.467 e. The van der Waals surface area contributed by atoms with Crippen molar-refractivity contribution in [2.45, 2.75) is 74.9 Å². The Bertz CT molecular complexity index is 990. The van der Waals surface area contributed by atoms with E-state index in [-0.39, 0.29) is 28.9 Å². The summed E-state index contributed by atoms with van der Waals surface area (Å²) < 4.78 is 11.9. The SMILES string of the molecule is COC(=O)[C@@H]1ON2O[C@H](O[C@@H]3CCCC3(c3ccccc3)c3ccccc3)C[C@H]3CC[C@@H]1[C@]32C. The van der Waals surface area contributed by atoms with Gasteiger partial charge in [-0.1, -0.05) is 65.9 Å². The highest BCUT2D eigenvalue weighted by Crippen LogP contribution is 2.57. The fourth-order valence-electron chi connectivity index (χ4n) is 7.22. The normalized spacial score (nSPS) is 36.4. The summed E-state index contributed by atoms with van der Waals surface area (Å²) in [5.74, 6) is 0.0885. The van der Waals surface area contributed by atoms with Crippen LogP contribution < -0.4 is 0 Å². The van der Waals surface area contributed by atoms with Gasteiger partial charge >= 0.3 is 5.97 Å². The number of nitrogens with zero attached hydrogens (tertiary/aromatic N) is 1. The molecule has 0 aromatic heterocycles. The number of ether oxygens (including phenoxy) is 2. The predicted molar refractivity (Wildman–Crippen MR) is 125 cm³/mol. The van der Waals surface area contributed by atoms with Crippen LogP contribution in [0.25, 0.3) is 0 Å². The lowest BCUT2D eigenvalue weighted by Gasteiger charge is -2.46. The van der Waals surface area contributed by atoms with Gasteiger partial charge in [0.25, 0.3) is 0 Å². The summed E-state index contributed by atoms with van der Waals surface area (Å²) in [5.41, 5.74) is 2.03. The van der Waals surface area contributed by atoms with Gasteiger partial charge in [0.05, 0.1) is 18.8 Å². The highest BCUT2D eigenvalue weighted by molar-refractivity contribution is 5.75. The summed E-state index contributed by atoms with van der Waals surface area (Å²) in [6, 6.07) is 21.5. The van der Waals surface area contributed by atoms with E-state index < -0.39 is 12.4 Å². The molecule has 4 aliphatic rings. The Labute approximate surface area is 201 Å². The molecular weight excluding hydrogens is 430 g/mol. The van der Waals surface area contributed by atoms with Crippen LogP contribution in [0.2, 0.25) is 0 Å². The van der Waals surface area contributed by atoms with E-state index in [0.29, 0.717) is 5.92 Å². The van der Waals surface area contributed by atoms with Crippen molar-refractivity contribution in [3.8, 4) is 0 Å². The van der Waals surface area contributed by atoms with E-state index in [1.807, 2.05) is 0 Å². The number of hydrogen-bond acceptors (Lipinski definition) is 6. The van der Waals surface area contributed by atoms with Crippen LogP contribution in [0.1, 0.15) is 56.6 Å². The van der Waals surface area contributed by atoms with Crippen molar-refractivity contribution in [1.82, 2.24) is 5.23 Å². The third kappa shape index (κ3) is 3.19. The van der Waals surface area contributed by atoms with Gasteiger partial charge in [-0.3, -0.25) is 4.84 Å². The number of benzene rings is 2. The first-order valence-corrected chi connectivity index (χ1v) is 12.6. The first kappa shape index (κ1) is 22.2.